The van der Waals surface area contributed by atoms with Gasteiger partial charge in [0.15, 0.2) is 0 Å². The summed E-state index contributed by atoms with van der Waals surface area (Å²) >= 11 is 0. The third-order valence-corrected chi connectivity index (χ3v) is 1.93. The van der Waals surface area contributed by atoms with Crippen molar-refractivity contribution in [1.82, 2.24) is 0 Å². The molecule has 0 heterocycles. The summed E-state index contributed by atoms with van der Waals surface area (Å²) in [4.78, 5) is 10.8. The molecule has 63 valence electrons. The predicted molar refractivity (Wildman–Crippen MR) is 38.8 cm³/mol. The van der Waals surface area contributed by atoms with Crippen molar-refractivity contribution < 1.29 is 14.6 Å². The van der Waals surface area contributed by atoms with Gasteiger partial charge in [-0.05, 0) is 12.8 Å². The zero-order valence-electron chi connectivity index (χ0n) is 6.54. The predicted octanol–water partition coefficient (Wildman–Crippen LogP) is 0.945. The van der Waals surface area contributed by atoms with Gasteiger partial charge in [-0.15, -0.1) is 0 Å². The maximum Gasteiger partial charge on any atom is 0.133 e. The fourth-order valence-corrected chi connectivity index (χ4v) is 1.29. The maximum absolute atomic E-state index is 10.8. The van der Waals surface area contributed by atoms with Gasteiger partial charge in [-0.3, -0.25) is 4.79 Å². The minimum atomic E-state index is -0.176. The standard InChI is InChI=1S/C8H13O3/c9-5-6-11-8-3-1-7(10)2-4-8/h8H,1-6H2. The van der Waals surface area contributed by atoms with Crippen molar-refractivity contribution in [3.05, 3.63) is 0 Å². The van der Waals surface area contributed by atoms with Crippen molar-refractivity contribution >= 4 is 5.78 Å². The molecule has 1 aliphatic carbocycles. The van der Waals surface area contributed by atoms with E-state index in [1.807, 2.05) is 0 Å². The van der Waals surface area contributed by atoms with Crippen LogP contribution in [0.3, 0.4) is 0 Å². The van der Waals surface area contributed by atoms with Gasteiger partial charge in [-0.25, -0.2) is 5.11 Å². The number of carbonyl (C=O) groups excluding carboxylic acids is 1. The molecule has 0 aliphatic heterocycles. The minimum Gasteiger partial charge on any atom is -0.376 e. The maximum atomic E-state index is 10.8. The van der Waals surface area contributed by atoms with Crippen LogP contribution in [0.15, 0.2) is 0 Å². The highest BCUT2D eigenvalue weighted by Gasteiger charge is 2.18. The molecule has 0 bridgehead atoms. The summed E-state index contributed by atoms with van der Waals surface area (Å²) in [7, 11) is 0. The zero-order chi connectivity index (χ0) is 8.10. The fourth-order valence-electron chi connectivity index (χ4n) is 1.29. The molecule has 11 heavy (non-hydrogen) atoms. The molecule has 0 saturated heterocycles. The molecule has 0 N–H and O–H groups in total. The first-order chi connectivity index (χ1) is 5.33. The third-order valence-electron chi connectivity index (χ3n) is 1.93. The van der Waals surface area contributed by atoms with Crippen LogP contribution in [0, 0.1) is 0 Å². The molecule has 0 aromatic rings. The van der Waals surface area contributed by atoms with Crippen LogP contribution in [0.2, 0.25) is 0 Å². The lowest BCUT2D eigenvalue weighted by atomic mass is 9.97. The van der Waals surface area contributed by atoms with Gasteiger partial charge in [0, 0.05) is 12.8 Å². The molecule has 0 aromatic heterocycles. The largest absolute Gasteiger partial charge is 0.376 e. The van der Waals surface area contributed by atoms with Crippen LogP contribution in [0.1, 0.15) is 25.7 Å². The molecule has 1 saturated carbocycles. The van der Waals surface area contributed by atoms with E-state index in [-0.39, 0.29) is 12.7 Å². The van der Waals surface area contributed by atoms with Gasteiger partial charge >= 0.3 is 0 Å². The first-order valence-corrected chi connectivity index (χ1v) is 4.04. The average Bonchev–Trinajstić information content (AvgIpc) is 2.04. The Morgan fingerprint density at radius 3 is 2.55 bits per heavy atom. The van der Waals surface area contributed by atoms with E-state index in [9.17, 15) is 9.90 Å². The van der Waals surface area contributed by atoms with Gasteiger partial charge < -0.3 is 4.74 Å². The molecule has 1 aliphatic rings. The second-order valence-corrected chi connectivity index (χ2v) is 2.81. The zero-order valence-corrected chi connectivity index (χ0v) is 6.54. The molecule has 1 rings (SSSR count). The summed E-state index contributed by atoms with van der Waals surface area (Å²) in [6.45, 7) is 0.114. The third kappa shape index (κ3) is 2.99. The minimum absolute atomic E-state index is 0.168. The van der Waals surface area contributed by atoms with Crippen LogP contribution in [0.4, 0.5) is 0 Å². The molecule has 1 radical (unpaired) electrons. The second kappa shape index (κ2) is 4.46. The number of ketones is 1. The summed E-state index contributed by atoms with van der Waals surface area (Å²) in [5.41, 5.74) is 0. The van der Waals surface area contributed by atoms with Gasteiger partial charge in [0.25, 0.3) is 0 Å². The first kappa shape index (κ1) is 8.68. The first-order valence-electron chi connectivity index (χ1n) is 4.04. The number of hydrogen-bond acceptors (Lipinski definition) is 2. The van der Waals surface area contributed by atoms with Gasteiger partial charge in [0.2, 0.25) is 0 Å². The smallest absolute Gasteiger partial charge is 0.133 e. The van der Waals surface area contributed by atoms with E-state index in [1.54, 1.807) is 0 Å². The molecular formula is C8H13O3. The van der Waals surface area contributed by atoms with Gasteiger partial charge in [-0.1, -0.05) is 0 Å². The summed E-state index contributed by atoms with van der Waals surface area (Å²) in [6.07, 6.45) is 3.03. The van der Waals surface area contributed by atoms with E-state index in [4.69, 9.17) is 4.74 Å². The van der Waals surface area contributed by atoms with E-state index in [2.05, 4.69) is 0 Å². The van der Waals surface area contributed by atoms with Crippen molar-refractivity contribution in [1.29, 1.82) is 0 Å². The molecule has 0 atom stereocenters. The lowest BCUT2D eigenvalue weighted by molar-refractivity contribution is -0.123. The molecule has 1 fully saturated rings. The molecular weight excluding hydrogens is 144 g/mol. The monoisotopic (exact) mass is 157 g/mol. The molecule has 3 heteroatoms. The molecule has 0 aromatic carbocycles. The SMILES string of the molecule is [O]CCOC1CCC(=O)CC1. The van der Waals surface area contributed by atoms with Gasteiger partial charge in [-0.2, -0.15) is 0 Å². The Balaban J connectivity index is 2.12. The summed E-state index contributed by atoms with van der Waals surface area (Å²) in [6, 6.07) is 0. The fraction of sp³-hybridized carbons (Fsp3) is 0.875. The number of ether oxygens (including phenoxy) is 1. The van der Waals surface area contributed by atoms with E-state index in [0.717, 1.165) is 12.8 Å². The number of Topliss-reactive ketones (excluding diaryl/α,β-unsaturated/α-hetero) is 1. The highest BCUT2D eigenvalue weighted by molar-refractivity contribution is 5.79. The Morgan fingerprint density at radius 2 is 2.00 bits per heavy atom. The number of rotatable bonds is 3. The quantitative estimate of drug-likeness (QED) is 0.612. The summed E-state index contributed by atoms with van der Waals surface area (Å²) in [5, 5.41) is 10.0. The van der Waals surface area contributed by atoms with Crippen LogP contribution in [0.5, 0.6) is 0 Å². The van der Waals surface area contributed by atoms with Crippen molar-refractivity contribution in [2.75, 3.05) is 13.2 Å². The van der Waals surface area contributed by atoms with Gasteiger partial charge in [0.05, 0.1) is 12.7 Å². The molecule has 0 unspecified atom stereocenters. The second-order valence-electron chi connectivity index (χ2n) is 2.81. The van der Waals surface area contributed by atoms with Crippen LogP contribution in [-0.2, 0) is 14.6 Å². The normalized spacial score (nSPS) is 20.6. The lowest BCUT2D eigenvalue weighted by Crippen LogP contribution is -2.22. The van der Waals surface area contributed by atoms with E-state index < -0.39 is 0 Å². The molecule has 3 nitrogen and oxygen atoms in total. The Labute approximate surface area is 66.4 Å². The van der Waals surface area contributed by atoms with Crippen LogP contribution < -0.4 is 0 Å². The Bertz CT molecular complexity index is 123. The Kier molecular flexibility index (Phi) is 3.52. The highest BCUT2D eigenvalue weighted by atomic mass is 16.5. The Hall–Kier alpha value is -0.410. The van der Waals surface area contributed by atoms with E-state index in [0.29, 0.717) is 25.2 Å². The van der Waals surface area contributed by atoms with E-state index in [1.165, 1.54) is 0 Å². The number of hydrogen-bond donors (Lipinski definition) is 0. The topological polar surface area (TPSA) is 46.2 Å². The lowest BCUT2D eigenvalue weighted by Gasteiger charge is -2.20. The van der Waals surface area contributed by atoms with Crippen molar-refractivity contribution in [2.24, 2.45) is 0 Å². The van der Waals surface area contributed by atoms with Crippen LogP contribution in [-0.4, -0.2) is 25.1 Å². The van der Waals surface area contributed by atoms with Crippen LogP contribution >= 0.6 is 0 Å². The summed E-state index contributed by atoms with van der Waals surface area (Å²) in [5.74, 6) is 0.326. The number of carbonyl (C=O) groups is 1. The van der Waals surface area contributed by atoms with Crippen molar-refractivity contribution in [2.45, 2.75) is 31.8 Å². The van der Waals surface area contributed by atoms with Crippen LogP contribution in [0.25, 0.3) is 0 Å². The molecule has 0 amide bonds. The summed E-state index contributed by atoms with van der Waals surface area (Å²) < 4.78 is 5.22. The Morgan fingerprint density at radius 1 is 1.36 bits per heavy atom. The van der Waals surface area contributed by atoms with Gasteiger partial charge in [0.1, 0.15) is 12.4 Å². The average molecular weight is 157 g/mol. The molecule has 0 spiro atoms. The van der Waals surface area contributed by atoms with E-state index >= 15 is 0 Å². The van der Waals surface area contributed by atoms with Crippen molar-refractivity contribution in [3.63, 3.8) is 0 Å². The van der Waals surface area contributed by atoms with Crippen molar-refractivity contribution in [3.8, 4) is 0 Å². The highest BCUT2D eigenvalue weighted by Crippen LogP contribution is 2.17.